The van der Waals surface area contributed by atoms with Gasteiger partial charge in [-0.15, -0.1) is 0 Å². The Kier molecular flexibility index (Phi) is 6.51. The fourth-order valence-electron chi connectivity index (χ4n) is 2.09. The van der Waals surface area contributed by atoms with Gasteiger partial charge in [-0.3, -0.25) is 9.59 Å². The first kappa shape index (κ1) is 20.4. The Morgan fingerprint density at radius 2 is 1.63 bits per heavy atom. The summed E-state index contributed by atoms with van der Waals surface area (Å²) in [5.74, 6) is -0.840. The molecular weight excluding hydrogens is 379 g/mol. The number of anilines is 2. The van der Waals surface area contributed by atoms with Crippen LogP contribution in [0.15, 0.2) is 48.5 Å². The highest BCUT2D eigenvalue weighted by molar-refractivity contribution is 7.80. The number of thiocarbonyl (C=S) groups is 1. The summed E-state index contributed by atoms with van der Waals surface area (Å²) in [6.07, 6.45) is -4.23. The zero-order chi connectivity index (χ0) is 20.0. The third-order valence-corrected chi connectivity index (χ3v) is 3.61. The molecule has 0 atom stereocenters. The number of amides is 2. The quantitative estimate of drug-likeness (QED) is 0.680. The fourth-order valence-corrected chi connectivity index (χ4v) is 2.32. The van der Waals surface area contributed by atoms with Crippen LogP contribution in [-0.4, -0.2) is 16.9 Å². The van der Waals surface area contributed by atoms with Gasteiger partial charge >= 0.3 is 6.18 Å². The van der Waals surface area contributed by atoms with E-state index in [0.717, 1.165) is 12.1 Å². The first-order valence-electron chi connectivity index (χ1n) is 7.88. The van der Waals surface area contributed by atoms with Gasteiger partial charge in [-0.25, -0.2) is 0 Å². The Labute approximate surface area is 159 Å². The largest absolute Gasteiger partial charge is 0.416 e. The highest BCUT2D eigenvalue weighted by atomic mass is 32.1. The van der Waals surface area contributed by atoms with Crippen molar-refractivity contribution in [3.63, 3.8) is 0 Å². The van der Waals surface area contributed by atoms with Crippen molar-refractivity contribution in [3.05, 3.63) is 59.7 Å². The number of hydrogen-bond donors (Lipinski definition) is 3. The average molecular weight is 395 g/mol. The Morgan fingerprint density at radius 1 is 1.00 bits per heavy atom. The lowest BCUT2D eigenvalue weighted by atomic mass is 10.1. The number of benzene rings is 2. The molecule has 0 aromatic heterocycles. The van der Waals surface area contributed by atoms with E-state index in [-0.39, 0.29) is 28.7 Å². The molecule has 0 aliphatic carbocycles. The lowest BCUT2D eigenvalue weighted by Gasteiger charge is -2.11. The van der Waals surface area contributed by atoms with Gasteiger partial charge in [-0.05, 0) is 48.6 Å². The van der Waals surface area contributed by atoms with Gasteiger partial charge in [-0.2, -0.15) is 13.2 Å². The molecule has 2 aromatic carbocycles. The molecule has 0 bridgehead atoms. The van der Waals surface area contributed by atoms with E-state index in [4.69, 9.17) is 12.2 Å². The monoisotopic (exact) mass is 395 g/mol. The van der Waals surface area contributed by atoms with Crippen LogP contribution in [0.5, 0.6) is 0 Å². The number of rotatable bonds is 4. The summed E-state index contributed by atoms with van der Waals surface area (Å²) in [5, 5.41) is 7.73. The second kappa shape index (κ2) is 8.63. The number of alkyl halides is 3. The first-order valence-corrected chi connectivity index (χ1v) is 8.29. The van der Waals surface area contributed by atoms with Crippen molar-refractivity contribution >= 4 is 40.5 Å². The molecule has 2 amide bonds. The van der Waals surface area contributed by atoms with Gasteiger partial charge in [0.15, 0.2) is 5.11 Å². The van der Waals surface area contributed by atoms with Gasteiger partial charge in [-0.1, -0.05) is 19.1 Å². The Balaban J connectivity index is 2.09. The third-order valence-electron chi connectivity index (χ3n) is 3.40. The molecule has 0 aliphatic rings. The Hall–Kier alpha value is -2.94. The predicted molar refractivity (Wildman–Crippen MR) is 100 cm³/mol. The van der Waals surface area contributed by atoms with Crippen LogP contribution in [0.2, 0.25) is 0 Å². The molecule has 0 heterocycles. The van der Waals surface area contributed by atoms with E-state index >= 15 is 0 Å². The molecule has 27 heavy (non-hydrogen) atoms. The van der Waals surface area contributed by atoms with E-state index < -0.39 is 17.6 Å². The second-order valence-corrected chi connectivity index (χ2v) is 5.88. The van der Waals surface area contributed by atoms with E-state index in [2.05, 4.69) is 16.0 Å². The SMILES string of the molecule is CCC(=O)NC(=S)Nc1cccc(C(=O)Nc2cccc(C(F)(F)F)c2)c1. The van der Waals surface area contributed by atoms with Gasteiger partial charge in [0.2, 0.25) is 5.91 Å². The third kappa shape index (κ3) is 6.07. The zero-order valence-corrected chi connectivity index (χ0v) is 15.0. The minimum atomic E-state index is -4.50. The van der Waals surface area contributed by atoms with Crippen LogP contribution >= 0.6 is 12.2 Å². The summed E-state index contributed by atoms with van der Waals surface area (Å²) in [6, 6.07) is 10.5. The fraction of sp³-hybridized carbons (Fsp3) is 0.167. The zero-order valence-electron chi connectivity index (χ0n) is 14.2. The van der Waals surface area contributed by atoms with Crippen LogP contribution < -0.4 is 16.0 Å². The number of hydrogen-bond acceptors (Lipinski definition) is 3. The standard InChI is InChI=1S/C18H16F3N3O2S/c1-2-15(25)24-17(27)23-13-7-3-5-11(9-13)16(26)22-14-8-4-6-12(10-14)18(19,20)21/h3-10H,2H2,1H3,(H,22,26)(H2,23,24,25,27). The van der Waals surface area contributed by atoms with Crippen molar-refractivity contribution in [1.29, 1.82) is 0 Å². The molecule has 2 aromatic rings. The van der Waals surface area contributed by atoms with Crippen molar-refractivity contribution < 1.29 is 22.8 Å². The Bertz CT molecular complexity index is 869. The molecule has 5 nitrogen and oxygen atoms in total. The molecule has 0 saturated carbocycles. The highest BCUT2D eigenvalue weighted by Crippen LogP contribution is 2.30. The maximum atomic E-state index is 12.8. The van der Waals surface area contributed by atoms with Crippen molar-refractivity contribution in [3.8, 4) is 0 Å². The summed E-state index contributed by atoms with van der Waals surface area (Å²) in [6.45, 7) is 1.68. The lowest BCUT2D eigenvalue weighted by molar-refractivity contribution is -0.137. The number of carbonyl (C=O) groups is 2. The van der Waals surface area contributed by atoms with Gasteiger partial charge in [0.05, 0.1) is 5.56 Å². The van der Waals surface area contributed by atoms with E-state index in [1.807, 2.05) is 0 Å². The molecule has 0 spiro atoms. The van der Waals surface area contributed by atoms with E-state index in [9.17, 15) is 22.8 Å². The maximum absolute atomic E-state index is 12.8. The molecule has 3 N–H and O–H groups in total. The van der Waals surface area contributed by atoms with Gasteiger partial charge < -0.3 is 16.0 Å². The predicted octanol–water partition coefficient (Wildman–Crippen LogP) is 4.18. The number of carbonyl (C=O) groups excluding carboxylic acids is 2. The van der Waals surface area contributed by atoms with Crippen molar-refractivity contribution in [2.24, 2.45) is 0 Å². The summed E-state index contributed by atoms with van der Waals surface area (Å²) < 4.78 is 38.3. The average Bonchev–Trinajstić information content (AvgIpc) is 2.61. The van der Waals surface area contributed by atoms with Gasteiger partial charge in [0.1, 0.15) is 0 Å². The van der Waals surface area contributed by atoms with Crippen LogP contribution in [0.3, 0.4) is 0 Å². The molecule has 142 valence electrons. The molecule has 2 rings (SSSR count). The van der Waals surface area contributed by atoms with Gasteiger partial charge in [0.25, 0.3) is 5.91 Å². The van der Waals surface area contributed by atoms with Crippen LogP contribution in [0, 0.1) is 0 Å². The van der Waals surface area contributed by atoms with E-state index in [0.29, 0.717) is 5.69 Å². The maximum Gasteiger partial charge on any atom is 0.416 e. The molecule has 9 heteroatoms. The summed E-state index contributed by atoms with van der Waals surface area (Å²) in [5.41, 5.74) is -0.165. The van der Waals surface area contributed by atoms with Crippen LogP contribution in [0.4, 0.5) is 24.5 Å². The van der Waals surface area contributed by atoms with E-state index in [1.165, 1.54) is 24.3 Å². The molecule has 0 unspecified atom stereocenters. The van der Waals surface area contributed by atoms with Crippen LogP contribution in [0.1, 0.15) is 29.3 Å². The normalized spacial score (nSPS) is 10.8. The summed E-state index contributed by atoms with van der Waals surface area (Å²) in [4.78, 5) is 23.6. The van der Waals surface area contributed by atoms with Gasteiger partial charge in [0, 0.05) is 23.4 Å². The number of nitrogens with one attached hydrogen (secondary N) is 3. The topological polar surface area (TPSA) is 70.2 Å². The second-order valence-electron chi connectivity index (χ2n) is 5.47. The molecular formula is C18H16F3N3O2S. The first-order chi connectivity index (χ1) is 12.7. The molecule has 0 fully saturated rings. The highest BCUT2D eigenvalue weighted by Gasteiger charge is 2.30. The minimum absolute atomic E-state index is 0.0268. The van der Waals surface area contributed by atoms with E-state index in [1.54, 1.807) is 19.1 Å². The van der Waals surface area contributed by atoms with Crippen molar-refractivity contribution in [2.75, 3.05) is 10.6 Å². The Morgan fingerprint density at radius 3 is 2.26 bits per heavy atom. The molecule has 0 radical (unpaired) electrons. The van der Waals surface area contributed by atoms with Crippen LogP contribution in [-0.2, 0) is 11.0 Å². The van der Waals surface area contributed by atoms with Crippen LogP contribution in [0.25, 0.3) is 0 Å². The molecule has 0 saturated heterocycles. The molecule has 0 aliphatic heterocycles. The van der Waals surface area contributed by atoms with Crippen molar-refractivity contribution in [2.45, 2.75) is 19.5 Å². The van der Waals surface area contributed by atoms with Crippen molar-refractivity contribution in [1.82, 2.24) is 5.32 Å². The number of halogens is 3. The smallest absolute Gasteiger partial charge is 0.332 e. The lowest BCUT2D eigenvalue weighted by Crippen LogP contribution is -2.33. The summed E-state index contributed by atoms with van der Waals surface area (Å²) in [7, 11) is 0. The minimum Gasteiger partial charge on any atom is -0.332 e. The summed E-state index contributed by atoms with van der Waals surface area (Å²) >= 11 is 4.99.